The van der Waals surface area contributed by atoms with Gasteiger partial charge in [-0.25, -0.2) is 9.18 Å². The van der Waals surface area contributed by atoms with Gasteiger partial charge in [0, 0.05) is 26.6 Å². The predicted molar refractivity (Wildman–Crippen MR) is 110 cm³/mol. The smallest absolute Gasteiger partial charge is 0.414 e. The zero-order valence-electron chi connectivity index (χ0n) is 17.4. The number of anilines is 2. The van der Waals surface area contributed by atoms with Crippen LogP contribution >= 0.6 is 0 Å². The number of carbonyl (C=O) groups is 3. The van der Waals surface area contributed by atoms with E-state index in [1.165, 1.54) is 17.9 Å². The van der Waals surface area contributed by atoms with Crippen LogP contribution in [0, 0.1) is 11.7 Å². The van der Waals surface area contributed by atoms with Crippen molar-refractivity contribution in [3.05, 3.63) is 24.0 Å². The number of likely N-dealkylation sites (tertiary alicyclic amines) is 1. The van der Waals surface area contributed by atoms with E-state index >= 15 is 4.39 Å². The molecule has 3 saturated heterocycles. The van der Waals surface area contributed by atoms with Crippen molar-refractivity contribution in [3.63, 3.8) is 0 Å². The highest BCUT2D eigenvalue weighted by molar-refractivity contribution is 5.90. The molecule has 0 spiro atoms. The minimum absolute atomic E-state index is 0.0319. The Hall–Kier alpha value is -2.88. The van der Waals surface area contributed by atoms with E-state index in [1.54, 1.807) is 17.0 Å². The highest BCUT2D eigenvalue weighted by Crippen LogP contribution is 2.36. The number of cyclic esters (lactones) is 1. The van der Waals surface area contributed by atoms with Crippen molar-refractivity contribution in [2.75, 3.05) is 49.1 Å². The molecule has 2 N–H and O–H groups in total. The van der Waals surface area contributed by atoms with Gasteiger partial charge in [0.1, 0.15) is 18.5 Å². The predicted octanol–water partition coefficient (Wildman–Crippen LogP) is 0.706. The number of carbonyl (C=O) groups excluding carboxylic acids is 3. The van der Waals surface area contributed by atoms with Crippen LogP contribution in [-0.4, -0.2) is 79.4 Å². The average Bonchev–Trinajstić information content (AvgIpc) is 3.34. The quantitative estimate of drug-likeness (QED) is 0.708. The van der Waals surface area contributed by atoms with Crippen molar-refractivity contribution >= 4 is 29.3 Å². The molecule has 0 aromatic heterocycles. The molecule has 0 saturated carbocycles. The number of hydrogen-bond donors (Lipinski definition) is 2. The van der Waals surface area contributed by atoms with Gasteiger partial charge in [0.15, 0.2) is 0 Å². The molecule has 10 heteroatoms. The second-order valence-electron chi connectivity index (χ2n) is 8.31. The standard InChI is InChI=1S/C21H27FN4O5/c1-13(28)23-8-16-10-26(21(30)31-16)15-4-5-18(17(22)7-15)24-9-14-3-2-6-25(19(14)11-24)20(29)12-27/h4-5,7,14,16,19,27H,2-3,6,8-12H2,1H3,(H,23,28)/t14-,16-,19+/m0/s1. The summed E-state index contributed by atoms with van der Waals surface area (Å²) < 4.78 is 20.3. The van der Waals surface area contributed by atoms with Crippen LogP contribution in [0.5, 0.6) is 0 Å². The van der Waals surface area contributed by atoms with Gasteiger partial charge in [0.25, 0.3) is 0 Å². The molecular formula is C21H27FN4O5. The van der Waals surface area contributed by atoms with E-state index in [4.69, 9.17) is 4.74 Å². The normalized spacial score (nSPS) is 25.5. The van der Waals surface area contributed by atoms with Crippen molar-refractivity contribution in [1.29, 1.82) is 0 Å². The van der Waals surface area contributed by atoms with Crippen LogP contribution in [0.2, 0.25) is 0 Å². The first-order valence-corrected chi connectivity index (χ1v) is 10.5. The third kappa shape index (κ3) is 4.30. The third-order valence-electron chi connectivity index (χ3n) is 6.27. The number of ether oxygens (including phenoxy) is 1. The Labute approximate surface area is 179 Å². The molecule has 31 heavy (non-hydrogen) atoms. The summed E-state index contributed by atoms with van der Waals surface area (Å²) in [7, 11) is 0. The summed E-state index contributed by atoms with van der Waals surface area (Å²) in [6.45, 7) is 3.07. The molecule has 0 unspecified atom stereocenters. The number of fused-ring (bicyclic) bond motifs is 1. The van der Waals surface area contributed by atoms with E-state index in [2.05, 4.69) is 5.32 Å². The van der Waals surface area contributed by atoms with Crippen LogP contribution < -0.4 is 15.1 Å². The van der Waals surface area contributed by atoms with Crippen LogP contribution in [0.1, 0.15) is 19.8 Å². The van der Waals surface area contributed by atoms with E-state index in [0.717, 1.165) is 12.8 Å². The molecule has 1 aromatic carbocycles. The van der Waals surface area contributed by atoms with Gasteiger partial charge in [0.2, 0.25) is 11.8 Å². The van der Waals surface area contributed by atoms with Gasteiger partial charge in [-0.2, -0.15) is 0 Å². The summed E-state index contributed by atoms with van der Waals surface area (Å²) in [5.74, 6) is -0.704. The molecule has 0 radical (unpaired) electrons. The highest BCUT2D eigenvalue weighted by Gasteiger charge is 2.41. The molecule has 3 fully saturated rings. The lowest BCUT2D eigenvalue weighted by molar-refractivity contribution is -0.138. The molecular weight excluding hydrogens is 407 g/mol. The second-order valence-corrected chi connectivity index (χ2v) is 8.31. The first-order valence-electron chi connectivity index (χ1n) is 10.5. The fourth-order valence-electron chi connectivity index (χ4n) is 4.79. The van der Waals surface area contributed by atoms with Gasteiger partial charge < -0.3 is 25.0 Å². The number of amides is 3. The Morgan fingerprint density at radius 1 is 1.29 bits per heavy atom. The monoisotopic (exact) mass is 434 g/mol. The minimum Gasteiger partial charge on any atom is -0.442 e. The molecule has 3 aliphatic heterocycles. The van der Waals surface area contributed by atoms with Gasteiger partial charge in [-0.3, -0.25) is 14.5 Å². The SMILES string of the molecule is CC(=O)NC[C@H]1CN(c2ccc(N3C[C@@H]4CCCN(C(=O)CO)[C@@H]4C3)c(F)c2)C(=O)O1. The molecule has 3 amide bonds. The van der Waals surface area contributed by atoms with Gasteiger partial charge in [-0.1, -0.05) is 0 Å². The summed E-state index contributed by atoms with van der Waals surface area (Å²) in [6, 6.07) is 4.61. The number of benzene rings is 1. The fourth-order valence-corrected chi connectivity index (χ4v) is 4.79. The molecule has 4 rings (SSSR count). The summed E-state index contributed by atoms with van der Waals surface area (Å²) in [4.78, 5) is 40.3. The zero-order chi connectivity index (χ0) is 22.1. The third-order valence-corrected chi connectivity index (χ3v) is 6.27. The van der Waals surface area contributed by atoms with Crippen LogP contribution in [0.15, 0.2) is 18.2 Å². The molecule has 3 atom stereocenters. The van der Waals surface area contributed by atoms with Gasteiger partial charge in [0.05, 0.1) is 30.5 Å². The minimum atomic E-state index is -0.576. The number of rotatable bonds is 5. The topological polar surface area (TPSA) is 102 Å². The molecule has 3 aliphatic rings. The second kappa shape index (κ2) is 8.70. The zero-order valence-corrected chi connectivity index (χ0v) is 17.4. The van der Waals surface area contributed by atoms with Gasteiger partial charge in [-0.05, 0) is 37.0 Å². The number of nitrogens with zero attached hydrogens (tertiary/aromatic N) is 3. The summed E-state index contributed by atoms with van der Waals surface area (Å²) in [5, 5.41) is 11.9. The Kier molecular flexibility index (Phi) is 5.99. The number of aliphatic hydroxyl groups excluding tert-OH is 1. The van der Waals surface area contributed by atoms with Crippen molar-refractivity contribution in [2.24, 2.45) is 5.92 Å². The number of piperidine rings is 1. The maximum Gasteiger partial charge on any atom is 0.414 e. The number of nitrogens with one attached hydrogen (secondary N) is 1. The number of aliphatic hydroxyl groups is 1. The van der Waals surface area contributed by atoms with Crippen molar-refractivity contribution < 1.29 is 28.6 Å². The van der Waals surface area contributed by atoms with E-state index in [1.807, 2.05) is 4.90 Å². The van der Waals surface area contributed by atoms with Crippen molar-refractivity contribution in [3.8, 4) is 0 Å². The largest absolute Gasteiger partial charge is 0.442 e. The Morgan fingerprint density at radius 3 is 2.81 bits per heavy atom. The van der Waals surface area contributed by atoms with Gasteiger partial charge in [-0.15, -0.1) is 0 Å². The first kappa shape index (κ1) is 21.4. The first-order chi connectivity index (χ1) is 14.9. The molecule has 9 nitrogen and oxygen atoms in total. The molecule has 0 aliphatic carbocycles. The van der Waals surface area contributed by atoms with Crippen LogP contribution in [-0.2, 0) is 14.3 Å². The maximum atomic E-state index is 15.0. The van der Waals surface area contributed by atoms with E-state index in [-0.39, 0.29) is 36.9 Å². The molecule has 0 bridgehead atoms. The molecule has 3 heterocycles. The van der Waals surface area contributed by atoms with E-state index in [0.29, 0.717) is 31.0 Å². The maximum absolute atomic E-state index is 15.0. The fraction of sp³-hybridized carbons (Fsp3) is 0.571. The van der Waals surface area contributed by atoms with Crippen LogP contribution in [0.25, 0.3) is 0 Å². The summed E-state index contributed by atoms with van der Waals surface area (Å²) >= 11 is 0. The Morgan fingerprint density at radius 2 is 2.10 bits per heavy atom. The van der Waals surface area contributed by atoms with E-state index < -0.39 is 24.6 Å². The van der Waals surface area contributed by atoms with Crippen molar-refractivity contribution in [2.45, 2.75) is 31.9 Å². The van der Waals surface area contributed by atoms with E-state index in [9.17, 15) is 19.5 Å². The lowest BCUT2D eigenvalue weighted by Crippen LogP contribution is -2.49. The number of halogens is 1. The summed E-state index contributed by atoms with van der Waals surface area (Å²) in [5.41, 5.74) is 0.821. The Bertz CT molecular complexity index is 881. The molecule has 1 aromatic rings. The number of hydrogen-bond acceptors (Lipinski definition) is 6. The van der Waals surface area contributed by atoms with Gasteiger partial charge >= 0.3 is 6.09 Å². The van der Waals surface area contributed by atoms with Crippen molar-refractivity contribution in [1.82, 2.24) is 10.2 Å². The average molecular weight is 434 g/mol. The Balaban J connectivity index is 1.45. The lowest BCUT2D eigenvalue weighted by Gasteiger charge is -2.36. The summed E-state index contributed by atoms with van der Waals surface area (Å²) in [6.07, 6.45) is 0.772. The van der Waals surface area contributed by atoms with Crippen LogP contribution in [0.4, 0.5) is 20.6 Å². The van der Waals surface area contributed by atoms with Crippen LogP contribution in [0.3, 0.4) is 0 Å². The highest BCUT2D eigenvalue weighted by atomic mass is 19.1. The molecule has 168 valence electrons. The lowest BCUT2D eigenvalue weighted by atomic mass is 9.92.